The Morgan fingerprint density at radius 2 is 1.93 bits per heavy atom. The van der Waals surface area contributed by atoms with Gasteiger partial charge in [-0.2, -0.15) is 4.57 Å². The molecule has 2 aliphatic heterocycles. The van der Waals surface area contributed by atoms with E-state index in [2.05, 4.69) is 61.9 Å². The monoisotopic (exact) mass is 556 g/mol. The van der Waals surface area contributed by atoms with Crippen LogP contribution in [0.5, 0.6) is 0 Å². The van der Waals surface area contributed by atoms with Gasteiger partial charge in [0.05, 0.1) is 10.9 Å². The predicted octanol–water partition coefficient (Wildman–Crippen LogP) is 6.31. The van der Waals surface area contributed by atoms with Crippen LogP contribution in [0.1, 0.15) is 50.8 Å². The van der Waals surface area contributed by atoms with Crippen molar-refractivity contribution in [2.45, 2.75) is 45.7 Å². The van der Waals surface area contributed by atoms with Crippen molar-refractivity contribution in [3.8, 4) is 22.5 Å². The van der Waals surface area contributed by atoms with Gasteiger partial charge in [-0.1, -0.05) is 62.4 Å². The van der Waals surface area contributed by atoms with E-state index in [1.165, 1.54) is 17.7 Å². The number of carbonyl (C=O) groups is 1. The molecule has 6 nitrogen and oxygen atoms in total. The van der Waals surface area contributed by atoms with E-state index in [1.54, 1.807) is 17.0 Å². The van der Waals surface area contributed by atoms with E-state index in [9.17, 15) is 4.79 Å². The van der Waals surface area contributed by atoms with E-state index in [0.29, 0.717) is 41.7 Å². The van der Waals surface area contributed by atoms with Crippen molar-refractivity contribution in [1.82, 2.24) is 15.1 Å². The molecule has 1 fully saturated rings. The fourth-order valence-corrected chi connectivity index (χ4v) is 6.64. The zero-order valence-corrected chi connectivity index (χ0v) is 23.9. The smallest absolute Gasteiger partial charge is 0.246 e. The third-order valence-corrected chi connectivity index (χ3v) is 8.57. The molecule has 2 aliphatic rings. The summed E-state index contributed by atoms with van der Waals surface area (Å²) in [5.74, 6) is 0.584. The molecule has 8 heteroatoms. The molecule has 0 bridgehead atoms. The average molecular weight is 557 g/mol. The van der Waals surface area contributed by atoms with E-state index in [1.807, 2.05) is 12.1 Å². The number of halogens is 2. The molecule has 0 saturated carbocycles. The van der Waals surface area contributed by atoms with Gasteiger partial charge < -0.3 is 9.80 Å². The van der Waals surface area contributed by atoms with E-state index in [-0.39, 0.29) is 29.7 Å². The van der Waals surface area contributed by atoms with E-state index >= 15 is 4.39 Å². The van der Waals surface area contributed by atoms with Gasteiger partial charge in [0.25, 0.3) is 0 Å². The summed E-state index contributed by atoms with van der Waals surface area (Å²) in [4.78, 5) is 16.3. The number of rotatable bonds is 4. The summed E-state index contributed by atoms with van der Waals surface area (Å²) < 4.78 is 17.4. The molecule has 0 spiro atoms. The maximum Gasteiger partial charge on any atom is 0.246 e. The maximum atomic E-state index is 15.3. The van der Waals surface area contributed by atoms with Crippen LogP contribution >= 0.6 is 11.6 Å². The van der Waals surface area contributed by atoms with Crippen LogP contribution in [-0.4, -0.2) is 46.7 Å². The highest BCUT2D eigenvalue weighted by Gasteiger charge is 2.41. The summed E-state index contributed by atoms with van der Waals surface area (Å²) in [5.41, 5.74) is 6.12. The van der Waals surface area contributed by atoms with Crippen LogP contribution in [0.15, 0.2) is 61.2 Å². The zero-order valence-electron chi connectivity index (χ0n) is 23.2. The summed E-state index contributed by atoms with van der Waals surface area (Å²) in [7, 11) is 0. The highest BCUT2D eigenvalue weighted by atomic mass is 35.5. The predicted molar refractivity (Wildman–Crippen MR) is 157 cm³/mol. The number of fused-ring (bicyclic) bond motifs is 2. The van der Waals surface area contributed by atoms with Gasteiger partial charge in [-0.25, -0.2) is 4.39 Å². The highest BCUT2D eigenvalue weighted by molar-refractivity contribution is 6.33. The van der Waals surface area contributed by atoms with Crippen molar-refractivity contribution < 1.29 is 13.8 Å². The fraction of sp³-hybridized carbons (Fsp3) is 0.312. The van der Waals surface area contributed by atoms with Gasteiger partial charge in [0.2, 0.25) is 17.1 Å². The van der Waals surface area contributed by atoms with Crippen molar-refractivity contribution in [1.29, 1.82) is 0 Å². The Hall–Kier alpha value is -3.84. The number of amides is 1. The largest absolute Gasteiger partial charge is 0.348 e. The number of hydrogen-bond donors (Lipinski definition) is 0. The lowest BCUT2D eigenvalue weighted by atomic mass is 9.85. The Morgan fingerprint density at radius 1 is 1.15 bits per heavy atom. The third kappa shape index (κ3) is 3.98. The number of pyridine rings is 1. The SMILES string of the molecule is C=CC(=O)N1CCN(c2nnc3c4c2cc(Cl)c(-c2ccccc2F)[n+]4C(C)c2cccc(C(C)C)c2-3)[C@@H](C)C1. The van der Waals surface area contributed by atoms with Crippen LogP contribution in [0.2, 0.25) is 5.02 Å². The molecule has 4 heterocycles. The van der Waals surface area contributed by atoms with E-state index in [4.69, 9.17) is 21.8 Å². The van der Waals surface area contributed by atoms with E-state index < -0.39 is 0 Å². The molecule has 1 amide bonds. The zero-order chi connectivity index (χ0) is 28.3. The second kappa shape index (κ2) is 9.97. The molecule has 4 aromatic rings. The minimum atomic E-state index is -0.332. The van der Waals surface area contributed by atoms with Crippen molar-refractivity contribution in [2.24, 2.45) is 0 Å². The number of anilines is 1. The molecule has 0 aliphatic carbocycles. The standard InChI is InChI=1S/C32H32ClFN5O/c1-6-27(40)37-14-15-38(19(4)17-37)32-24-16-25(33)30(23-10-7-8-13-26(23)34)39-20(5)22-12-9-11-21(18(2)3)28(22)29(31(24)39)35-36-32/h6-13,16,18-20H,1,14-15,17H2,2-5H3/q+1/t19-,20?/m0/s1. The third-order valence-electron chi connectivity index (χ3n) is 8.28. The van der Waals surface area contributed by atoms with Crippen LogP contribution in [0, 0.1) is 5.82 Å². The topological polar surface area (TPSA) is 53.2 Å². The molecule has 6 rings (SSSR count). The summed E-state index contributed by atoms with van der Waals surface area (Å²) in [5, 5.41) is 11.0. The summed E-state index contributed by atoms with van der Waals surface area (Å²) in [6.45, 7) is 13.9. The quantitative estimate of drug-likeness (QED) is 0.218. The Labute approximate surface area is 238 Å². The first-order valence-corrected chi connectivity index (χ1v) is 14.1. The number of aromatic nitrogens is 3. The molecule has 2 atom stereocenters. The minimum Gasteiger partial charge on any atom is -0.348 e. The minimum absolute atomic E-state index is 0.00153. The van der Waals surface area contributed by atoms with Crippen LogP contribution < -0.4 is 9.47 Å². The maximum absolute atomic E-state index is 15.3. The van der Waals surface area contributed by atoms with Crippen molar-refractivity contribution in [3.05, 3.63) is 83.2 Å². The lowest BCUT2D eigenvalue weighted by molar-refractivity contribution is -0.675. The van der Waals surface area contributed by atoms with Gasteiger partial charge >= 0.3 is 0 Å². The van der Waals surface area contributed by atoms with Gasteiger partial charge in [0.1, 0.15) is 10.8 Å². The molecule has 204 valence electrons. The Balaban J connectivity index is 1.66. The second-order valence-electron chi connectivity index (χ2n) is 11.0. The summed E-state index contributed by atoms with van der Waals surface area (Å²) in [6.07, 6.45) is 1.36. The van der Waals surface area contributed by atoms with Gasteiger partial charge in [0.15, 0.2) is 17.6 Å². The highest BCUT2D eigenvalue weighted by Crippen LogP contribution is 2.45. The molecular weight excluding hydrogens is 525 g/mol. The molecule has 1 saturated heterocycles. The summed E-state index contributed by atoms with van der Waals surface area (Å²) in [6, 6.07) is 14.9. The number of carbonyl (C=O) groups excluding carboxylic acids is 1. The van der Waals surface area contributed by atoms with Gasteiger partial charge in [-0.15, -0.1) is 10.2 Å². The van der Waals surface area contributed by atoms with Gasteiger partial charge in [0, 0.05) is 43.7 Å². The first kappa shape index (κ1) is 26.4. The van der Waals surface area contributed by atoms with E-state index in [0.717, 1.165) is 27.7 Å². The van der Waals surface area contributed by atoms with Gasteiger partial charge in [-0.3, -0.25) is 4.79 Å². The molecule has 1 unspecified atom stereocenters. The Bertz CT molecular complexity index is 1690. The Kier molecular flexibility index (Phi) is 6.57. The van der Waals surface area contributed by atoms with Crippen LogP contribution in [0.4, 0.5) is 10.2 Å². The second-order valence-corrected chi connectivity index (χ2v) is 11.4. The number of piperazine rings is 1. The first-order valence-electron chi connectivity index (χ1n) is 13.7. The lowest BCUT2D eigenvalue weighted by Gasteiger charge is -2.40. The average Bonchev–Trinajstić information content (AvgIpc) is 2.95. The number of benzene rings is 2. The molecule has 0 N–H and O–H groups in total. The molecule has 40 heavy (non-hydrogen) atoms. The number of nitrogens with zero attached hydrogens (tertiary/aromatic N) is 5. The van der Waals surface area contributed by atoms with Crippen LogP contribution in [0.25, 0.3) is 33.4 Å². The molecular formula is C32H32ClFN5O+. The summed E-state index contributed by atoms with van der Waals surface area (Å²) >= 11 is 7.06. The normalized spacial score (nSPS) is 18.3. The Morgan fingerprint density at radius 3 is 2.62 bits per heavy atom. The van der Waals surface area contributed by atoms with Crippen molar-refractivity contribution in [2.75, 3.05) is 24.5 Å². The fourth-order valence-electron chi connectivity index (χ4n) is 6.34. The molecule has 2 aromatic carbocycles. The molecule has 0 radical (unpaired) electrons. The van der Waals surface area contributed by atoms with Crippen LogP contribution in [-0.2, 0) is 4.79 Å². The first-order chi connectivity index (χ1) is 19.2. The van der Waals surface area contributed by atoms with Crippen molar-refractivity contribution in [3.63, 3.8) is 0 Å². The number of hydrogen-bond acceptors (Lipinski definition) is 4. The van der Waals surface area contributed by atoms with Gasteiger partial charge in [-0.05, 0) is 42.7 Å². The van der Waals surface area contributed by atoms with Crippen LogP contribution in [0.3, 0.4) is 0 Å². The molecule has 2 aromatic heterocycles. The van der Waals surface area contributed by atoms with Crippen molar-refractivity contribution >= 4 is 34.2 Å². The lowest BCUT2D eigenvalue weighted by Crippen LogP contribution is -2.54.